The molecular weight excluding hydrogens is 140 g/mol. The molecular formula is C9H12O2. The SMILES string of the molecule is O=C1C[C@H]2CCCC[C@@H]2C1=O. The average Bonchev–Trinajstić information content (AvgIpc) is 2.30. The molecule has 0 radical (unpaired) electrons. The largest absolute Gasteiger partial charge is 0.291 e. The second kappa shape index (κ2) is 2.43. The molecule has 2 fully saturated rings. The van der Waals surface area contributed by atoms with E-state index in [-0.39, 0.29) is 17.5 Å². The minimum absolute atomic E-state index is 0.0744. The highest BCUT2D eigenvalue weighted by molar-refractivity contribution is 6.40. The summed E-state index contributed by atoms with van der Waals surface area (Å²) in [6, 6.07) is 0. The molecule has 11 heavy (non-hydrogen) atoms. The number of rotatable bonds is 0. The zero-order valence-corrected chi connectivity index (χ0v) is 6.51. The van der Waals surface area contributed by atoms with Crippen LogP contribution in [0.5, 0.6) is 0 Å². The Hall–Kier alpha value is -0.660. The molecule has 2 atom stereocenters. The molecule has 0 N–H and O–H groups in total. The van der Waals surface area contributed by atoms with Gasteiger partial charge in [0.05, 0.1) is 0 Å². The number of hydrogen-bond acceptors (Lipinski definition) is 2. The van der Waals surface area contributed by atoms with E-state index in [4.69, 9.17) is 0 Å². The summed E-state index contributed by atoms with van der Waals surface area (Å²) in [4.78, 5) is 22.2. The molecule has 0 bridgehead atoms. The van der Waals surface area contributed by atoms with Crippen LogP contribution in [0.3, 0.4) is 0 Å². The van der Waals surface area contributed by atoms with Gasteiger partial charge in [0, 0.05) is 12.3 Å². The Morgan fingerprint density at radius 2 is 1.82 bits per heavy atom. The molecule has 2 rings (SSSR count). The van der Waals surface area contributed by atoms with Gasteiger partial charge < -0.3 is 0 Å². The fourth-order valence-electron chi connectivity index (χ4n) is 2.34. The lowest BCUT2D eigenvalue weighted by atomic mass is 9.81. The van der Waals surface area contributed by atoms with E-state index < -0.39 is 0 Å². The molecule has 2 aliphatic carbocycles. The van der Waals surface area contributed by atoms with Crippen LogP contribution in [0.2, 0.25) is 0 Å². The van der Waals surface area contributed by atoms with Crippen molar-refractivity contribution in [1.82, 2.24) is 0 Å². The Bertz CT molecular complexity index is 208. The van der Waals surface area contributed by atoms with Crippen molar-refractivity contribution in [3.05, 3.63) is 0 Å². The predicted molar refractivity (Wildman–Crippen MR) is 40.1 cm³/mol. The molecule has 0 saturated heterocycles. The van der Waals surface area contributed by atoms with Gasteiger partial charge in [-0.05, 0) is 18.8 Å². The molecule has 0 heterocycles. The smallest absolute Gasteiger partial charge is 0.201 e. The van der Waals surface area contributed by atoms with Crippen LogP contribution in [0.1, 0.15) is 32.1 Å². The maximum absolute atomic E-state index is 11.2. The Kier molecular flexibility index (Phi) is 1.55. The molecule has 0 aromatic carbocycles. The van der Waals surface area contributed by atoms with E-state index in [2.05, 4.69) is 0 Å². The quantitative estimate of drug-likeness (QED) is 0.491. The van der Waals surface area contributed by atoms with Crippen LogP contribution < -0.4 is 0 Å². The van der Waals surface area contributed by atoms with Gasteiger partial charge >= 0.3 is 0 Å². The highest BCUT2D eigenvalue weighted by atomic mass is 16.2. The maximum atomic E-state index is 11.2. The van der Waals surface area contributed by atoms with Gasteiger partial charge in [-0.3, -0.25) is 9.59 Å². The molecule has 0 spiro atoms. The van der Waals surface area contributed by atoms with E-state index in [1.54, 1.807) is 0 Å². The van der Waals surface area contributed by atoms with E-state index in [1.807, 2.05) is 0 Å². The first-order valence-electron chi connectivity index (χ1n) is 4.36. The maximum Gasteiger partial charge on any atom is 0.201 e. The lowest BCUT2D eigenvalue weighted by Gasteiger charge is -2.22. The van der Waals surface area contributed by atoms with E-state index in [0.717, 1.165) is 19.3 Å². The fourth-order valence-corrected chi connectivity index (χ4v) is 2.34. The van der Waals surface area contributed by atoms with Gasteiger partial charge in [-0.25, -0.2) is 0 Å². The van der Waals surface area contributed by atoms with Crippen LogP contribution in [-0.2, 0) is 9.59 Å². The van der Waals surface area contributed by atoms with Crippen molar-refractivity contribution in [2.45, 2.75) is 32.1 Å². The number of ketones is 2. The fraction of sp³-hybridized carbons (Fsp3) is 0.778. The van der Waals surface area contributed by atoms with Crippen LogP contribution in [0, 0.1) is 11.8 Å². The number of carbonyl (C=O) groups excluding carboxylic acids is 2. The molecule has 0 amide bonds. The minimum Gasteiger partial charge on any atom is -0.291 e. The van der Waals surface area contributed by atoms with Crippen LogP contribution in [-0.4, -0.2) is 11.6 Å². The van der Waals surface area contributed by atoms with Crippen LogP contribution >= 0.6 is 0 Å². The zero-order valence-electron chi connectivity index (χ0n) is 6.51. The Morgan fingerprint density at radius 3 is 2.55 bits per heavy atom. The summed E-state index contributed by atoms with van der Waals surface area (Å²) < 4.78 is 0. The molecule has 0 unspecified atom stereocenters. The Morgan fingerprint density at radius 1 is 1.09 bits per heavy atom. The molecule has 2 aliphatic rings. The van der Waals surface area contributed by atoms with Crippen molar-refractivity contribution in [1.29, 1.82) is 0 Å². The lowest BCUT2D eigenvalue weighted by molar-refractivity contribution is -0.135. The van der Waals surface area contributed by atoms with Crippen LogP contribution in [0.15, 0.2) is 0 Å². The molecule has 0 aromatic rings. The lowest BCUT2D eigenvalue weighted by Crippen LogP contribution is -2.20. The monoisotopic (exact) mass is 152 g/mol. The first-order valence-corrected chi connectivity index (χ1v) is 4.36. The summed E-state index contributed by atoms with van der Waals surface area (Å²) in [5, 5.41) is 0. The van der Waals surface area contributed by atoms with Gasteiger partial charge in [-0.1, -0.05) is 12.8 Å². The zero-order chi connectivity index (χ0) is 7.84. The molecule has 2 heteroatoms. The third kappa shape index (κ3) is 1.01. The minimum atomic E-state index is -0.109. The first-order chi connectivity index (χ1) is 5.29. The Balaban J connectivity index is 2.18. The topological polar surface area (TPSA) is 34.1 Å². The molecule has 2 nitrogen and oxygen atoms in total. The standard InChI is InChI=1S/C9H12O2/c10-8-5-6-3-1-2-4-7(6)9(8)11/h6-7H,1-5H2/t6-,7+/m1/s1. The van der Waals surface area contributed by atoms with E-state index in [0.29, 0.717) is 12.3 Å². The summed E-state index contributed by atoms with van der Waals surface area (Å²) in [5.74, 6) is 0.358. The van der Waals surface area contributed by atoms with Gasteiger partial charge in [-0.15, -0.1) is 0 Å². The van der Waals surface area contributed by atoms with Crippen molar-refractivity contribution < 1.29 is 9.59 Å². The van der Waals surface area contributed by atoms with Crippen molar-refractivity contribution in [2.24, 2.45) is 11.8 Å². The van der Waals surface area contributed by atoms with Gasteiger partial charge in [0.2, 0.25) is 5.78 Å². The highest BCUT2D eigenvalue weighted by Crippen LogP contribution is 2.38. The van der Waals surface area contributed by atoms with Crippen LogP contribution in [0.4, 0.5) is 0 Å². The van der Waals surface area contributed by atoms with Crippen molar-refractivity contribution in [3.8, 4) is 0 Å². The van der Waals surface area contributed by atoms with Gasteiger partial charge in [-0.2, -0.15) is 0 Å². The van der Waals surface area contributed by atoms with E-state index >= 15 is 0 Å². The summed E-state index contributed by atoms with van der Waals surface area (Å²) >= 11 is 0. The molecule has 2 saturated carbocycles. The second-order valence-corrected chi connectivity index (χ2v) is 3.64. The normalized spacial score (nSPS) is 37.5. The first kappa shape index (κ1) is 7.01. The van der Waals surface area contributed by atoms with E-state index in [1.165, 1.54) is 6.42 Å². The molecule has 0 aromatic heterocycles. The average molecular weight is 152 g/mol. The van der Waals surface area contributed by atoms with Gasteiger partial charge in [0.25, 0.3) is 0 Å². The van der Waals surface area contributed by atoms with Gasteiger partial charge in [0.1, 0.15) is 0 Å². The number of carbonyl (C=O) groups is 2. The van der Waals surface area contributed by atoms with Gasteiger partial charge in [0.15, 0.2) is 5.78 Å². The second-order valence-electron chi connectivity index (χ2n) is 3.64. The highest BCUT2D eigenvalue weighted by Gasteiger charge is 2.41. The summed E-state index contributed by atoms with van der Waals surface area (Å²) in [5.41, 5.74) is 0. The van der Waals surface area contributed by atoms with Crippen molar-refractivity contribution >= 4 is 11.6 Å². The number of fused-ring (bicyclic) bond motifs is 1. The van der Waals surface area contributed by atoms with Crippen molar-refractivity contribution in [3.63, 3.8) is 0 Å². The number of hydrogen-bond donors (Lipinski definition) is 0. The summed E-state index contributed by atoms with van der Waals surface area (Å²) in [6.07, 6.45) is 4.96. The number of Topliss-reactive ketones (excluding diaryl/α,β-unsaturated/α-hetero) is 2. The van der Waals surface area contributed by atoms with Crippen LogP contribution in [0.25, 0.3) is 0 Å². The predicted octanol–water partition coefficient (Wildman–Crippen LogP) is 1.33. The third-order valence-corrected chi connectivity index (χ3v) is 2.97. The van der Waals surface area contributed by atoms with E-state index in [9.17, 15) is 9.59 Å². The van der Waals surface area contributed by atoms with Crippen molar-refractivity contribution in [2.75, 3.05) is 0 Å². The third-order valence-electron chi connectivity index (χ3n) is 2.97. The summed E-state index contributed by atoms with van der Waals surface area (Å²) in [7, 11) is 0. The molecule has 60 valence electrons. The summed E-state index contributed by atoms with van der Waals surface area (Å²) in [6.45, 7) is 0. The molecule has 0 aliphatic heterocycles. The Labute approximate surface area is 66.0 Å².